The van der Waals surface area contributed by atoms with Crippen LogP contribution < -0.4 is 10.2 Å². The molecule has 0 atom stereocenters. The highest BCUT2D eigenvalue weighted by Gasteiger charge is 2.25. The standard InChI is InChI=1S/C27H32ClN5O3S/c1-19-6-4-7-20(2)25(19)30-27(35)33(14-15-36-3)17-24-29-23(18-37-24)26(34)32-12-10-31(11-13-32)22-9-5-8-21(28)16-22/h4-9,16,18H,10-15,17H2,1-3H3,(H,30,35). The number of carbonyl (C=O) groups excluding carboxylic acids is 2. The van der Waals surface area contributed by atoms with Crippen molar-refractivity contribution < 1.29 is 14.3 Å². The number of urea groups is 1. The molecule has 10 heteroatoms. The lowest BCUT2D eigenvalue weighted by molar-refractivity contribution is 0.0741. The van der Waals surface area contributed by atoms with Crippen LogP contribution in [0.2, 0.25) is 5.02 Å². The molecule has 0 spiro atoms. The number of anilines is 2. The summed E-state index contributed by atoms with van der Waals surface area (Å²) < 4.78 is 5.22. The minimum absolute atomic E-state index is 0.0864. The molecule has 196 valence electrons. The van der Waals surface area contributed by atoms with Crippen LogP contribution in [0, 0.1) is 13.8 Å². The Morgan fingerprint density at radius 3 is 2.49 bits per heavy atom. The summed E-state index contributed by atoms with van der Waals surface area (Å²) in [6.45, 7) is 7.70. The van der Waals surface area contributed by atoms with Gasteiger partial charge in [-0.1, -0.05) is 35.9 Å². The Kier molecular flexibility index (Phi) is 9.02. The monoisotopic (exact) mass is 541 g/mol. The smallest absolute Gasteiger partial charge is 0.322 e. The van der Waals surface area contributed by atoms with E-state index in [0.717, 1.165) is 35.6 Å². The molecule has 1 aliphatic heterocycles. The average Bonchev–Trinajstić information content (AvgIpc) is 3.37. The second-order valence-corrected chi connectivity index (χ2v) is 10.4. The topological polar surface area (TPSA) is 78.0 Å². The minimum atomic E-state index is -0.227. The lowest BCUT2D eigenvalue weighted by Gasteiger charge is -2.35. The number of amides is 3. The fraction of sp³-hybridized carbons (Fsp3) is 0.370. The third-order valence-corrected chi connectivity index (χ3v) is 7.47. The number of aryl methyl sites for hydroxylation is 2. The Balaban J connectivity index is 1.38. The van der Waals surface area contributed by atoms with Crippen LogP contribution in [-0.4, -0.2) is 73.2 Å². The zero-order chi connectivity index (χ0) is 26.4. The van der Waals surface area contributed by atoms with Gasteiger partial charge in [-0.3, -0.25) is 4.79 Å². The number of thiazole rings is 1. The molecule has 2 aromatic carbocycles. The molecule has 1 saturated heterocycles. The number of hydrogen-bond donors (Lipinski definition) is 1. The van der Waals surface area contributed by atoms with Gasteiger partial charge in [0.15, 0.2) is 0 Å². The first-order chi connectivity index (χ1) is 17.9. The Labute approximate surface area is 226 Å². The van der Waals surface area contributed by atoms with E-state index in [9.17, 15) is 9.59 Å². The summed E-state index contributed by atoms with van der Waals surface area (Å²) in [5.41, 5.74) is 4.28. The molecule has 0 bridgehead atoms. The zero-order valence-electron chi connectivity index (χ0n) is 21.4. The molecular weight excluding hydrogens is 510 g/mol. The number of halogens is 1. The largest absolute Gasteiger partial charge is 0.383 e. The maximum absolute atomic E-state index is 13.1. The first kappa shape index (κ1) is 26.9. The van der Waals surface area contributed by atoms with E-state index in [1.54, 1.807) is 17.4 Å². The number of benzene rings is 2. The van der Waals surface area contributed by atoms with Crippen molar-refractivity contribution in [3.05, 3.63) is 74.7 Å². The van der Waals surface area contributed by atoms with E-state index in [-0.39, 0.29) is 11.9 Å². The molecule has 3 amide bonds. The lowest BCUT2D eigenvalue weighted by Crippen LogP contribution is -2.48. The molecule has 37 heavy (non-hydrogen) atoms. The first-order valence-corrected chi connectivity index (χ1v) is 13.5. The Bertz CT molecular complexity index is 1220. The number of aromatic nitrogens is 1. The van der Waals surface area contributed by atoms with Crippen molar-refractivity contribution in [1.29, 1.82) is 0 Å². The summed E-state index contributed by atoms with van der Waals surface area (Å²) in [7, 11) is 1.61. The van der Waals surface area contributed by atoms with E-state index < -0.39 is 0 Å². The molecule has 1 fully saturated rings. The molecule has 4 rings (SSSR count). The van der Waals surface area contributed by atoms with E-state index in [1.807, 2.05) is 61.2 Å². The molecule has 0 unspecified atom stereocenters. The molecule has 0 radical (unpaired) electrons. The third-order valence-electron chi connectivity index (χ3n) is 6.40. The van der Waals surface area contributed by atoms with Crippen LogP contribution >= 0.6 is 22.9 Å². The number of para-hydroxylation sites is 1. The highest BCUT2D eigenvalue weighted by Crippen LogP contribution is 2.23. The number of nitrogens with one attached hydrogen (secondary N) is 1. The van der Waals surface area contributed by atoms with Gasteiger partial charge < -0.3 is 24.8 Å². The SMILES string of the molecule is COCCN(Cc1nc(C(=O)N2CCN(c3cccc(Cl)c3)CC2)cs1)C(=O)Nc1c(C)cccc1C. The predicted molar refractivity (Wildman–Crippen MR) is 149 cm³/mol. The van der Waals surface area contributed by atoms with Crippen molar-refractivity contribution in [2.24, 2.45) is 0 Å². The molecule has 1 N–H and O–H groups in total. The number of ether oxygens (including phenoxy) is 1. The molecular formula is C27H32ClN5O3S. The van der Waals surface area contributed by atoms with Crippen LogP contribution in [0.5, 0.6) is 0 Å². The fourth-order valence-corrected chi connectivity index (χ4v) is 5.27. The van der Waals surface area contributed by atoms with Gasteiger partial charge in [0.05, 0.1) is 13.2 Å². The van der Waals surface area contributed by atoms with Crippen LogP contribution in [0.15, 0.2) is 47.8 Å². The van der Waals surface area contributed by atoms with Gasteiger partial charge in [0.2, 0.25) is 0 Å². The summed E-state index contributed by atoms with van der Waals surface area (Å²) in [5.74, 6) is -0.0864. The number of rotatable bonds is 8. The first-order valence-electron chi connectivity index (χ1n) is 12.2. The van der Waals surface area contributed by atoms with E-state index in [2.05, 4.69) is 15.2 Å². The van der Waals surface area contributed by atoms with Gasteiger partial charge in [0.25, 0.3) is 5.91 Å². The number of carbonyl (C=O) groups is 2. The molecule has 1 aromatic heterocycles. The highest BCUT2D eigenvalue weighted by atomic mass is 35.5. The molecule has 8 nitrogen and oxygen atoms in total. The fourth-order valence-electron chi connectivity index (χ4n) is 4.30. The van der Waals surface area contributed by atoms with Gasteiger partial charge in [-0.05, 0) is 43.2 Å². The van der Waals surface area contributed by atoms with Crippen LogP contribution in [0.25, 0.3) is 0 Å². The molecule has 2 heterocycles. The Hall–Kier alpha value is -3.14. The van der Waals surface area contributed by atoms with Crippen molar-refractivity contribution in [3.8, 4) is 0 Å². The second kappa shape index (κ2) is 12.4. The molecule has 0 aliphatic carbocycles. The van der Waals surface area contributed by atoms with Crippen LogP contribution in [0.1, 0.15) is 26.6 Å². The van der Waals surface area contributed by atoms with E-state index in [1.165, 1.54) is 11.3 Å². The summed E-state index contributed by atoms with van der Waals surface area (Å²) >= 11 is 7.52. The number of hydrogen-bond acceptors (Lipinski definition) is 6. The number of piperazine rings is 1. The molecule has 3 aromatic rings. The van der Waals surface area contributed by atoms with Crippen LogP contribution in [0.3, 0.4) is 0 Å². The maximum Gasteiger partial charge on any atom is 0.322 e. The van der Waals surface area contributed by atoms with Crippen molar-refractivity contribution in [2.45, 2.75) is 20.4 Å². The van der Waals surface area contributed by atoms with Gasteiger partial charge in [-0.25, -0.2) is 9.78 Å². The number of nitrogens with zero attached hydrogens (tertiary/aromatic N) is 4. The minimum Gasteiger partial charge on any atom is -0.383 e. The Morgan fingerprint density at radius 1 is 1.11 bits per heavy atom. The lowest BCUT2D eigenvalue weighted by atomic mass is 10.1. The van der Waals surface area contributed by atoms with E-state index in [0.29, 0.717) is 48.5 Å². The summed E-state index contributed by atoms with van der Waals surface area (Å²) in [5, 5.41) is 6.21. The van der Waals surface area contributed by atoms with Crippen LogP contribution in [0.4, 0.5) is 16.2 Å². The second-order valence-electron chi connectivity index (χ2n) is 9.00. The van der Waals surface area contributed by atoms with Gasteiger partial charge in [0, 0.05) is 61.6 Å². The summed E-state index contributed by atoms with van der Waals surface area (Å²) in [6, 6.07) is 13.4. The Morgan fingerprint density at radius 2 is 1.81 bits per heavy atom. The third kappa shape index (κ3) is 6.80. The highest BCUT2D eigenvalue weighted by molar-refractivity contribution is 7.09. The van der Waals surface area contributed by atoms with E-state index >= 15 is 0 Å². The normalized spacial score (nSPS) is 13.5. The molecule has 0 saturated carbocycles. The van der Waals surface area contributed by atoms with Gasteiger partial charge in [0.1, 0.15) is 10.7 Å². The van der Waals surface area contributed by atoms with Crippen molar-refractivity contribution in [2.75, 3.05) is 56.7 Å². The predicted octanol–water partition coefficient (Wildman–Crippen LogP) is 5.06. The van der Waals surface area contributed by atoms with Crippen molar-refractivity contribution >= 4 is 46.3 Å². The quantitative estimate of drug-likeness (QED) is 0.431. The summed E-state index contributed by atoms with van der Waals surface area (Å²) in [4.78, 5) is 36.6. The maximum atomic E-state index is 13.1. The van der Waals surface area contributed by atoms with Crippen molar-refractivity contribution in [3.63, 3.8) is 0 Å². The van der Waals surface area contributed by atoms with Gasteiger partial charge in [-0.2, -0.15) is 0 Å². The summed E-state index contributed by atoms with van der Waals surface area (Å²) in [6.07, 6.45) is 0. The van der Waals surface area contributed by atoms with Gasteiger partial charge in [-0.15, -0.1) is 11.3 Å². The average molecular weight is 542 g/mol. The number of methoxy groups -OCH3 is 1. The molecule has 1 aliphatic rings. The van der Waals surface area contributed by atoms with E-state index in [4.69, 9.17) is 16.3 Å². The van der Waals surface area contributed by atoms with Crippen molar-refractivity contribution in [1.82, 2.24) is 14.8 Å². The van der Waals surface area contributed by atoms with Gasteiger partial charge >= 0.3 is 6.03 Å². The zero-order valence-corrected chi connectivity index (χ0v) is 22.9. The van der Waals surface area contributed by atoms with Crippen LogP contribution in [-0.2, 0) is 11.3 Å².